The third kappa shape index (κ3) is 6.44. The van der Waals surface area contributed by atoms with Crippen LogP contribution in [0.15, 0.2) is 34.2 Å². The predicted octanol–water partition coefficient (Wildman–Crippen LogP) is 1.12. The Morgan fingerprint density at radius 2 is 2.08 bits per heavy atom. The second-order valence-electron chi connectivity index (χ2n) is 5.46. The first-order valence-electron chi connectivity index (χ1n) is 7.45. The van der Waals surface area contributed by atoms with Crippen LogP contribution in [0.2, 0.25) is 0 Å². The topological polar surface area (TPSA) is 94.2 Å². The number of benzene rings is 1. The van der Waals surface area contributed by atoms with Gasteiger partial charge < -0.3 is 20.1 Å². The van der Waals surface area contributed by atoms with Crippen LogP contribution in [0.25, 0.3) is 0 Å². The Balaban J connectivity index is 0.00000288. The third-order valence-corrected chi connectivity index (χ3v) is 4.58. The monoisotopic (exact) mass is 469 g/mol. The fourth-order valence-corrected chi connectivity index (χ4v) is 2.86. The van der Waals surface area contributed by atoms with Gasteiger partial charge >= 0.3 is 0 Å². The number of hydrogen-bond acceptors (Lipinski definition) is 5. The Labute approximate surface area is 160 Å². The van der Waals surface area contributed by atoms with Crippen LogP contribution < -0.4 is 10.5 Å². The summed E-state index contributed by atoms with van der Waals surface area (Å²) in [7, 11) is -3.18. The van der Waals surface area contributed by atoms with Crippen molar-refractivity contribution in [2.75, 3.05) is 39.1 Å². The van der Waals surface area contributed by atoms with Gasteiger partial charge in [-0.05, 0) is 31.2 Å². The molecule has 0 saturated carbocycles. The minimum Gasteiger partial charge on any atom is -0.492 e. The number of morpholine rings is 1. The highest BCUT2D eigenvalue weighted by molar-refractivity contribution is 14.0. The number of rotatable bonds is 5. The van der Waals surface area contributed by atoms with Crippen molar-refractivity contribution in [3.63, 3.8) is 0 Å². The van der Waals surface area contributed by atoms with E-state index in [2.05, 4.69) is 4.99 Å². The number of nitrogens with zero attached hydrogens (tertiary/aromatic N) is 2. The van der Waals surface area contributed by atoms with Gasteiger partial charge in [0.2, 0.25) is 0 Å². The van der Waals surface area contributed by atoms with Gasteiger partial charge in [-0.3, -0.25) is 0 Å². The number of halogens is 1. The summed E-state index contributed by atoms with van der Waals surface area (Å²) in [4.78, 5) is 6.56. The van der Waals surface area contributed by atoms with Gasteiger partial charge in [0, 0.05) is 19.3 Å². The van der Waals surface area contributed by atoms with Crippen LogP contribution in [-0.2, 0) is 14.6 Å². The van der Waals surface area contributed by atoms with Crippen LogP contribution in [0.4, 0.5) is 0 Å². The molecule has 0 bridgehead atoms. The highest BCUT2D eigenvalue weighted by atomic mass is 127. The largest absolute Gasteiger partial charge is 0.492 e. The van der Waals surface area contributed by atoms with Crippen molar-refractivity contribution in [3.8, 4) is 5.75 Å². The van der Waals surface area contributed by atoms with Crippen molar-refractivity contribution >= 4 is 39.8 Å². The van der Waals surface area contributed by atoms with Gasteiger partial charge in [0.1, 0.15) is 12.4 Å². The molecule has 1 fully saturated rings. The second-order valence-corrected chi connectivity index (χ2v) is 7.48. The Hall–Kier alpha value is -1.07. The molecule has 136 valence electrons. The van der Waals surface area contributed by atoms with E-state index in [9.17, 15) is 8.42 Å². The number of ether oxygens (including phenoxy) is 2. The van der Waals surface area contributed by atoms with Crippen LogP contribution in [0.5, 0.6) is 5.75 Å². The lowest BCUT2D eigenvalue weighted by atomic mass is 10.3. The van der Waals surface area contributed by atoms with Crippen molar-refractivity contribution in [2.24, 2.45) is 10.7 Å². The molecule has 0 aliphatic carbocycles. The average Bonchev–Trinajstić information content (AvgIpc) is 2.51. The fourth-order valence-electron chi connectivity index (χ4n) is 2.23. The summed E-state index contributed by atoms with van der Waals surface area (Å²) in [5.41, 5.74) is 5.96. The molecule has 1 aliphatic heterocycles. The molecule has 1 aromatic rings. The van der Waals surface area contributed by atoms with Crippen molar-refractivity contribution in [3.05, 3.63) is 24.3 Å². The zero-order valence-electron chi connectivity index (χ0n) is 13.8. The summed E-state index contributed by atoms with van der Waals surface area (Å²) in [6.45, 7) is 4.95. The molecule has 7 nitrogen and oxygen atoms in total. The zero-order chi connectivity index (χ0) is 16.9. The standard InChI is InChI=1S/C15H23N3O4S.HI/c1-12-11-18(8-10-21-12)15(16)17-7-9-22-13-3-5-14(6-4-13)23(2,19)20;/h3-6,12H,7-11H2,1-2H3,(H2,16,17);1H. The van der Waals surface area contributed by atoms with Crippen LogP contribution in [-0.4, -0.2) is 64.5 Å². The molecule has 0 radical (unpaired) electrons. The quantitative estimate of drug-likeness (QED) is 0.301. The molecule has 24 heavy (non-hydrogen) atoms. The van der Waals surface area contributed by atoms with E-state index >= 15 is 0 Å². The van der Waals surface area contributed by atoms with Crippen molar-refractivity contribution < 1.29 is 17.9 Å². The van der Waals surface area contributed by atoms with Crippen molar-refractivity contribution in [1.29, 1.82) is 0 Å². The summed E-state index contributed by atoms with van der Waals surface area (Å²) in [6, 6.07) is 6.31. The summed E-state index contributed by atoms with van der Waals surface area (Å²) in [5.74, 6) is 1.10. The third-order valence-electron chi connectivity index (χ3n) is 3.45. The second kappa shape index (κ2) is 9.42. The molecule has 0 aromatic heterocycles. The van der Waals surface area contributed by atoms with E-state index < -0.39 is 9.84 Å². The van der Waals surface area contributed by atoms with Gasteiger partial charge in [0.25, 0.3) is 0 Å². The van der Waals surface area contributed by atoms with Gasteiger partial charge in [0.15, 0.2) is 15.8 Å². The molecule has 2 N–H and O–H groups in total. The highest BCUT2D eigenvalue weighted by Crippen LogP contribution is 2.15. The van der Waals surface area contributed by atoms with Crippen LogP contribution in [0.1, 0.15) is 6.92 Å². The first-order chi connectivity index (χ1) is 10.9. The lowest BCUT2D eigenvalue weighted by molar-refractivity contribution is 0.00528. The first-order valence-corrected chi connectivity index (χ1v) is 9.35. The maximum Gasteiger partial charge on any atom is 0.191 e. The van der Waals surface area contributed by atoms with E-state index in [0.29, 0.717) is 31.5 Å². The highest BCUT2D eigenvalue weighted by Gasteiger charge is 2.17. The molecule has 1 aromatic carbocycles. The van der Waals surface area contributed by atoms with Gasteiger partial charge in [-0.2, -0.15) is 0 Å². The molecule has 2 rings (SSSR count). The molecular formula is C15H24IN3O4S. The molecular weight excluding hydrogens is 445 g/mol. The number of guanidine groups is 1. The Bertz CT molecular complexity index is 649. The summed E-state index contributed by atoms with van der Waals surface area (Å²) >= 11 is 0. The molecule has 1 atom stereocenters. The fraction of sp³-hybridized carbons (Fsp3) is 0.533. The average molecular weight is 469 g/mol. The van der Waals surface area contributed by atoms with E-state index in [1.807, 2.05) is 11.8 Å². The Morgan fingerprint density at radius 1 is 1.42 bits per heavy atom. The lowest BCUT2D eigenvalue weighted by Gasteiger charge is -2.31. The molecule has 1 saturated heterocycles. The molecule has 1 heterocycles. The number of nitrogens with two attached hydrogens (primary N) is 1. The van der Waals surface area contributed by atoms with E-state index in [0.717, 1.165) is 13.1 Å². The Kier molecular flexibility index (Phi) is 8.23. The maximum atomic E-state index is 11.4. The van der Waals surface area contributed by atoms with Crippen LogP contribution in [0, 0.1) is 0 Å². The Morgan fingerprint density at radius 3 is 2.67 bits per heavy atom. The molecule has 1 aliphatic rings. The molecule has 0 spiro atoms. The van der Waals surface area contributed by atoms with Crippen LogP contribution >= 0.6 is 24.0 Å². The smallest absolute Gasteiger partial charge is 0.191 e. The molecule has 9 heteroatoms. The number of aliphatic imine (C=N–C) groups is 1. The van der Waals surface area contributed by atoms with Gasteiger partial charge in [-0.1, -0.05) is 0 Å². The normalized spacial score (nSPS) is 18.8. The molecule has 1 unspecified atom stereocenters. The summed E-state index contributed by atoms with van der Waals surface area (Å²) in [6.07, 6.45) is 1.33. The van der Waals surface area contributed by atoms with E-state index in [-0.39, 0.29) is 35.0 Å². The minimum atomic E-state index is -3.18. The molecule has 0 amide bonds. The van der Waals surface area contributed by atoms with Crippen molar-refractivity contribution in [1.82, 2.24) is 4.90 Å². The SMILES string of the molecule is CC1CN(C(N)=NCCOc2ccc(S(C)(=O)=O)cc2)CCO1.I. The number of sulfone groups is 1. The van der Waals surface area contributed by atoms with Crippen molar-refractivity contribution in [2.45, 2.75) is 17.9 Å². The first kappa shape index (κ1) is 21.0. The summed E-state index contributed by atoms with van der Waals surface area (Å²) < 4.78 is 33.7. The van der Waals surface area contributed by atoms with Crippen LogP contribution in [0.3, 0.4) is 0 Å². The zero-order valence-corrected chi connectivity index (χ0v) is 17.0. The van der Waals surface area contributed by atoms with E-state index in [1.165, 1.54) is 18.4 Å². The van der Waals surface area contributed by atoms with E-state index in [1.54, 1.807) is 12.1 Å². The van der Waals surface area contributed by atoms with Gasteiger partial charge in [-0.25, -0.2) is 13.4 Å². The van der Waals surface area contributed by atoms with Gasteiger partial charge in [0.05, 0.1) is 24.2 Å². The predicted molar refractivity (Wildman–Crippen MR) is 104 cm³/mol. The van der Waals surface area contributed by atoms with Gasteiger partial charge in [-0.15, -0.1) is 24.0 Å². The number of hydrogen-bond donors (Lipinski definition) is 1. The van der Waals surface area contributed by atoms with E-state index in [4.69, 9.17) is 15.2 Å². The minimum absolute atomic E-state index is 0. The summed E-state index contributed by atoms with van der Waals surface area (Å²) in [5, 5.41) is 0. The lowest BCUT2D eigenvalue weighted by Crippen LogP contribution is -2.48. The maximum absolute atomic E-state index is 11.4.